The lowest BCUT2D eigenvalue weighted by atomic mass is 9.97. The summed E-state index contributed by atoms with van der Waals surface area (Å²) < 4.78 is 0. The van der Waals surface area contributed by atoms with Crippen LogP contribution in [0.4, 0.5) is 11.4 Å². The smallest absolute Gasteiger partial charge is 0.267 e. The third kappa shape index (κ3) is 5.65. The van der Waals surface area contributed by atoms with Crippen LogP contribution in [0.15, 0.2) is 106 Å². The largest absolute Gasteiger partial charge is 0.281 e. The molecule has 0 spiro atoms. The van der Waals surface area contributed by atoms with Crippen molar-refractivity contribution in [2.45, 2.75) is 13.0 Å². The van der Waals surface area contributed by atoms with Crippen molar-refractivity contribution in [3.05, 3.63) is 128 Å². The second-order valence-corrected chi connectivity index (χ2v) is 7.90. The molecule has 1 amide bonds. The molecule has 1 heterocycles. The van der Waals surface area contributed by atoms with Crippen LogP contribution in [0.3, 0.4) is 0 Å². The maximum atomic E-state index is 13.6. The number of rotatable bonds is 7. The second-order valence-electron chi connectivity index (χ2n) is 7.90. The Kier molecular flexibility index (Phi) is 7.72. The molecule has 38 heavy (non-hydrogen) atoms. The number of benzene rings is 3. The van der Waals surface area contributed by atoms with Crippen LogP contribution in [-0.2, 0) is 0 Å². The molecular weight excluding hydrogens is 490 g/mol. The Bertz CT molecular complexity index is 1450. The van der Waals surface area contributed by atoms with Crippen molar-refractivity contribution in [1.82, 2.24) is 10.4 Å². The average molecular weight is 511 g/mol. The lowest BCUT2D eigenvalue weighted by molar-refractivity contribution is -0.394. The number of carbonyl (C=O) groups is 1. The molecule has 0 aliphatic carbocycles. The molecule has 12 nitrogen and oxygen atoms in total. The number of nitrogens with one attached hydrogen (secondary N) is 1. The Morgan fingerprint density at radius 2 is 1.58 bits per heavy atom. The minimum Gasteiger partial charge on any atom is -0.267 e. The Morgan fingerprint density at radius 1 is 0.974 bits per heavy atom. The highest BCUT2D eigenvalue weighted by atomic mass is 16.6. The first-order valence-electron chi connectivity index (χ1n) is 11.3. The Labute approximate surface area is 216 Å². The number of nitro benzene ring substituents is 2. The number of nitrogens with zero attached hydrogens (tertiary/aromatic N) is 6. The maximum absolute atomic E-state index is 13.6. The summed E-state index contributed by atoms with van der Waals surface area (Å²) in [6.45, 7) is 1.75. The van der Waals surface area contributed by atoms with Gasteiger partial charge in [0.05, 0.1) is 27.2 Å². The number of carbonyl (C=O) groups excluding carboxylic acids is 1. The first kappa shape index (κ1) is 25.6. The summed E-state index contributed by atoms with van der Waals surface area (Å²) in [5.41, 5.74) is 3.42. The maximum Gasteiger partial charge on any atom is 0.281 e. The van der Waals surface area contributed by atoms with Crippen LogP contribution in [0.5, 0.6) is 0 Å². The summed E-state index contributed by atoms with van der Waals surface area (Å²) in [5, 5.41) is 32.3. The summed E-state index contributed by atoms with van der Waals surface area (Å²) in [6, 6.07) is 20.7. The van der Waals surface area contributed by atoms with Gasteiger partial charge in [0.25, 0.3) is 17.3 Å². The first-order valence-corrected chi connectivity index (χ1v) is 11.3. The van der Waals surface area contributed by atoms with E-state index in [1.807, 2.05) is 60.7 Å². The predicted octanol–water partition coefficient (Wildman–Crippen LogP) is 4.61. The molecule has 1 N–H and O–H groups in total. The van der Waals surface area contributed by atoms with Gasteiger partial charge in [-0.25, -0.2) is 10.4 Å². The fourth-order valence-corrected chi connectivity index (χ4v) is 3.63. The van der Waals surface area contributed by atoms with Crippen LogP contribution in [0.25, 0.3) is 0 Å². The number of hydrogen-bond acceptors (Lipinski definition) is 9. The number of hydrogen-bond donors (Lipinski definition) is 1. The van der Waals surface area contributed by atoms with Crippen LogP contribution in [-0.4, -0.2) is 38.6 Å². The zero-order chi connectivity index (χ0) is 27.1. The molecule has 0 bridgehead atoms. The SMILES string of the molecule is C/C=C/C=N/N(C(=O)c1cc([N+](=O)[O-])cc([N+](=O)[O-])c1)C1=N[C@H](c2ccccc2)C(c2ccccc2)=NN1. The molecule has 4 rings (SSSR count). The summed E-state index contributed by atoms with van der Waals surface area (Å²) in [4.78, 5) is 39.4. The first-order chi connectivity index (χ1) is 18.4. The monoisotopic (exact) mass is 511 g/mol. The highest BCUT2D eigenvalue weighted by Crippen LogP contribution is 2.27. The van der Waals surface area contributed by atoms with Crippen molar-refractivity contribution in [3.63, 3.8) is 0 Å². The highest BCUT2D eigenvalue weighted by molar-refractivity contribution is 6.11. The van der Waals surface area contributed by atoms with Crippen molar-refractivity contribution in [2.24, 2.45) is 15.2 Å². The molecule has 0 radical (unpaired) electrons. The normalized spacial score (nSPS) is 15.0. The predicted molar refractivity (Wildman–Crippen MR) is 142 cm³/mol. The van der Waals surface area contributed by atoms with E-state index in [2.05, 4.69) is 15.6 Å². The van der Waals surface area contributed by atoms with Crippen molar-refractivity contribution < 1.29 is 14.6 Å². The van der Waals surface area contributed by atoms with Gasteiger partial charge in [-0.2, -0.15) is 15.2 Å². The molecule has 0 aromatic heterocycles. The van der Waals surface area contributed by atoms with Crippen molar-refractivity contribution in [1.29, 1.82) is 0 Å². The molecule has 3 aromatic carbocycles. The third-order valence-corrected chi connectivity index (χ3v) is 5.40. The van der Waals surface area contributed by atoms with Gasteiger partial charge in [0, 0.05) is 23.9 Å². The van der Waals surface area contributed by atoms with Crippen LogP contribution >= 0.6 is 0 Å². The zero-order valence-corrected chi connectivity index (χ0v) is 20.0. The molecule has 190 valence electrons. The van der Waals surface area contributed by atoms with E-state index in [9.17, 15) is 25.0 Å². The number of non-ortho nitro benzene ring substituents is 2. The summed E-state index contributed by atoms with van der Waals surface area (Å²) >= 11 is 0. The van der Waals surface area contributed by atoms with Gasteiger partial charge in [0.1, 0.15) is 6.04 Å². The lowest BCUT2D eigenvalue weighted by Crippen LogP contribution is -2.43. The van der Waals surface area contributed by atoms with E-state index in [-0.39, 0.29) is 11.5 Å². The average Bonchev–Trinajstić information content (AvgIpc) is 2.95. The highest BCUT2D eigenvalue weighted by Gasteiger charge is 2.31. The third-order valence-electron chi connectivity index (χ3n) is 5.40. The topological polar surface area (TPSA) is 156 Å². The molecule has 0 fully saturated rings. The van der Waals surface area contributed by atoms with E-state index in [0.29, 0.717) is 5.71 Å². The van der Waals surface area contributed by atoms with Gasteiger partial charge in [0.15, 0.2) is 0 Å². The Hall–Kier alpha value is -5.52. The number of hydrazone groups is 2. The number of allylic oxidation sites excluding steroid dienone is 2. The Morgan fingerprint density at radius 3 is 2.16 bits per heavy atom. The van der Waals surface area contributed by atoms with Gasteiger partial charge in [-0.05, 0) is 18.6 Å². The van der Waals surface area contributed by atoms with Crippen LogP contribution in [0, 0.1) is 20.2 Å². The van der Waals surface area contributed by atoms with E-state index >= 15 is 0 Å². The van der Waals surface area contributed by atoms with Crippen LogP contribution in [0.1, 0.15) is 34.5 Å². The lowest BCUT2D eigenvalue weighted by Gasteiger charge is -2.26. The van der Waals surface area contributed by atoms with Gasteiger partial charge in [-0.1, -0.05) is 66.7 Å². The second kappa shape index (κ2) is 11.5. The van der Waals surface area contributed by atoms with Gasteiger partial charge < -0.3 is 0 Å². The molecular formula is C26H21N7O5. The minimum absolute atomic E-state index is 0.0709. The van der Waals surface area contributed by atoms with Crippen molar-refractivity contribution in [3.8, 4) is 0 Å². The molecule has 1 aliphatic rings. The number of amides is 1. The molecule has 1 aliphatic heterocycles. The molecule has 0 saturated heterocycles. The van der Waals surface area contributed by atoms with Crippen LogP contribution < -0.4 is 5.43 Å². The zero-order valence-electron chi connectivity index (χ0n) is 20.0. The van der Waals surface area contributed by atoms with Gasteiger partial charge >= 0.3 is 0 Å². The van der Waals surface area contributed by atoms with E-state index in [1.165, 1.54) is 6.21 Å². The Balaban J connectivity index is 1.81. The molecule has 0 saturated carbocycles. The summed E-state index contributed by atoms with van der Waals surface area (Å²) in [6.07, 6.45) is 4.56. The van der Waals surface area contributed by atoms with Crippen molar-refractivity contribution in [2.75, 3.05) is 0 Å². The van der Waals surface area contributed by atoms with Gasteiger partial charge in [-0.15, -0.1) is 0 Å². The molecule has 3 aromatic rings. The van der Waals surface area contributed by atoms with Gasteiger partial charge in [-0.3, -0.25) is 25.0 Å². The minimum atomic E-state index is -0.881. The van der Waals surface area contributed by atoms with E-state index in [4.69, 9.17) is 4.99 Å². The molecule has 1 atom stereocenters. The molecule has 0 unspecified atom stereocenters. The summed E-state index contributed by atoms with van der Waals surface area (Å²) in [5.74, 6) is -0.951. The van der Waals surface area contributed by atoms with Crippen molar-refractivity contribution >= 4 is 35.2 Å². The molecule has 12 heteroatoms. The van der Waals surface area contributed by atoms with E-state index < -0.39 is 33.2 Å². The number of nitro groups is 2. The number of aliphatic imine (C=N–C) groups is 1. The summed E-state index contributed by atoms with van der Waals surface area (Å²) in [7, 11) is 0. The van der Waals surface area contributed by atoms with Gasteiger partial charge in [0.2, 0.25) is 5.96 Å². The number of guanidine groups is 1. The quantitative estimate of drug-likeness (QED) is 0.277. The standard InChI is InChI=1S/C26H21N7O5/c1-2-3-14-27-31(25(34)20-15-21(32(35)36)17-22(16-20)33(37)38)26-28-23(18-10-6-4-7-11-18)24(29-30-26)19-12-8-5-9-13-19/h2-17,23H,1H3,(H,28,30)/b3-2+,27-14+/t23-/m1/s1. The fraction of sp³-hybridized carbons (Fsp3) is 0.0769. The fourth-order valence-electron chi connectivity index (χ4n) is 3.63. The van der Waals surface area contributed by atoms with E-state index in [1.54, 1.807) is 19.1 Å². The van der Waals surface area contributed by atoms with Crippen LogP contribution in [0.2, 0.25) is 0 Å². The van der Waals surface area contributed by atoms with E-state index in [0.717, 1.165) is 34.3 Å².